The summed E-state index contributed by atoms with van der Waals surface area (Å²) in [5.74, 6) is -1.68. The van der Waals surface area contributed by atoms with E-state index in [1.54, 1.807) is 23.7 Å². The molecule has 0 saturated carbocycles. The molecule has 5 rings (SSSR count). The van der Waals surface area contributed by atoms with Gasteiger partial charge in [0.05, 0.1) is 38.6 Å². The monoisotopic (exact) mass is 534 g/mol. The highest BCUT2D eigenvalue weighted by molar-refractivity contribution is 7.13. The number of para-hydroxylation sites is 3. The normalized spacial score (nSPS) is 11.1. The first-order valence-corrected chi connectivity index (χ1v) is 12.3. The molecule has 3 heterocycles. The first-order valence-electron chi connectivity index (χ1n) is 11.4. The molecule has 0 aliphatic heterocycles. The molecule has 2 aromatic carbocycles. The molecule has 0 bridgehead atoms. The van der Waals surface area contributed by atoms with E-state index in [-0.39, 0.29) is 17.0 Å². The number of carbonyl (C=O) groups is 2. The standard InChI is InChI=1S/C27H20F2N4O4S/c1-16-24-18(26(35)36-15-23(34)30-19-10-5-6-11-21(19)37-27(28)29)14-20(22-12-7-13-38-22)31-25(24)33(32-16)17-8-3-2-4-9-17/h2-14,27H,15H2,1H3,(H,30,34). The Kier molecular flexibility index (Phi) is 7.09. The Hall–Kier alpha value is -4.64. The van der Waals surface area contributed by atoms with Crippen LogP contribution >= 0.6 is 11.3 Å². The number of fused-ring (bicyclic) bond motifs is 1. The topological polar surface area (TPSA) is 95.3 Å². The van der Waals surface area contributed by atoms with Gasteiger partial charge in [-0.05, 0) is 48.7 Å². The van der Waals surface area contributed by atoms with Crippen molar-refractivity contribution in [1.29, 1.82) is 0 Å². The van der Waals surface area contributed by atoms with Crippen LogP contribution in [0.25, 0.3) is 27.3 Å². The van der Waals surface area contributed by atoms with Crippen molar-refractivity contribution in [3.63, 3.8) is 0 Å². The van der Waals surface area contributed by atoms with Gasteiger partial charge in [0.15, 0.2) is 12.3 Å². The van der Waals surface area contributed by atoms with Crippen molar-refractivity contribution in [1.82, 2.24) is 14.8 Å². The van der Waals surface area contributed by atoms with E-state index in [4.69, 9.17) is 9.72 Å². The maximum atomic E-state index is 13.3. The largest absolute Gasteiger partial charge is 0.452 e. The minimum atomic E-state index is -3.06. The number of carbonyl (C=O) groups excluding carboxylic acids is 2. The summed E-state index contributed by atoms with van der Waals surface area (Å²) in [5, 5.41) is 9.43. The van der Waals surface area contributed by atoms with Gasteiger partial charge in [0.25, 0.3) is 5.91 Å². The predicted molar refractivity (Wildman–Crippen MR) is 139 cm³/mol. The van der Waals surface area contributed by atoms with Gasteiger partial charge in [-0.1, -0.05) is 36.4 Å². The van der Waals surface area contributed by atoms with Crippen LogP contribution in [0.15, 0.2) is 78.2 Å². The third-order valence-electron chi connectivity index (χ3n) is 5.52. The van der Waals surface area contributed by atoms with Gasteiger partial charge in [0, 0.05) is 0 Å². The first-order chi connectivity index (χ1) is 18.4. The number of anilines is 1. The van der Waals surface area contributed by atoms with Gasteiger partial charge in [-0.3, -0.25) is 4.79 Å². The molecule has 0 atom stereocenters. The lowest BCUT2D eigenvalue weighted by Crippen LogP contribution is -2.21. The van der Waals surface area contributed by atoms with Crippen LogP contribution in [0.3, 0.4) is 0 Å². The van der Waals surface area contributed by atoms with E-state index in [1.807, 2.05) is 47.8 Å². The molecule has 0 spiro atoms. The van der Waals surface area contributed by atoms with Crippen LogP contribution in [0, 0.1) is 6.92 Å². The second-order valence-electron chi connectivity index (χ2n) is 8.06. The minimum absolute atomic E-state index is 0.0279. The third-order valence-corrected chi connectivity index (χ3v) is 6.41. The number of hydrogen-bond donors (Lipinski definition) is 1. The number of aryl methyl sites for hydroxylation is 1. The number of benzene rings is 2. The summed E-state index contributed by atoms with van der Waals surface area (Å²) < 4.78 is 36.7. The van der Waals surface area contributed by atoms with Crippen LogP contribution in [-0.4, -0.2) is 39.9 Å². The molecule has 5 aromatic rings. The van der Waals surface area contributed by atoms with Gasteiger partial charge < -0.3 is 14.8 Å². The zero-order valence-electron chi connectivity index (χ0n) is 19.9. The molecule has 0 saturated heterocycles. The van der Waals surface area contributed by atoms with E-state index in [0.717, 1.165) is 10.6 Å². The number of esters is 1. The molecule has 1 N–H and O–H groups in total. The van der Waals surface area contributed by atoms with E-state index in [1.165, 1.54) is 29.5 Å². The number of halogens is 2. The van der Waals surface area contributed by atoms with E-state index in [9.17, 15) is 18.4 Å². The Morgan fingerprint density at radius 1 is 1.05 bits per heavy atom. The molecule has 0 fully saturated rings. The van der Waals surface area contributed by atoms with E-state index in [2.05, 4.69) is 15.2 Å². The maximum Gasteiger partial charge on any atom is 0.387 e. The lowest BCUT2D eigenvalue weighted by atomic mass is 10.1. The average Bonchev–Trinajstić information content (AvgIpc) is 3.57. The van der Waals surface area contributed by atoms with Crippen molar-refractivity contribution in [3.05, 3.63) is 89.4 Å². The SMILES string of the molecule is Cc1nn(-c2ccccc2)c2nc(-c3cccs3)cc(C(=O)OCC(=O)Nc3ccccc3OC(F)F)c12. The minimum Gasteiger partial charge on any atom is -0.452 e. The summed E-state index contributed by atoms with van der Waals surface area (Å²) in [6, 6.07) is 20.5. The fourth-order valence-corrected chi connectivity index (χ4v) is 4.60. The highest BCUT2D eigenvalue weighted by Crippen LogP contribution is 2.31. The smallest absolute Gasteiger partial charge is 0.387 e. The van der Waals surface area contributed by atoms with Gasteiger partial charge >= 0.3 is 12.6 Å². The zero-order chi connectivity index (χ0) is 26.6. The number of nitrogens with zero attached hydrogens (tertiary/aromatic N) is 3. The van der Waals surface area contributed by atoms with Gasteiger partial charge in [-0.25, -0.2) is 14.5 Å². The highest BCUT2D eigenvalue weighted by atomic mass is 32.1. The fourth-order valence-electron chi connectivity index (χ4n) is 3.91. The number of pyridine rings is 1. The number of alkyl halides is 2. The van der Waals surface area contributed by atoms with Crippen LogP contribution in [0.4, 0.5) is 14.5 Å². The molecule has 1 amide bonds. The van der Waals surface area contributed by atoms with Crippen LogP contribution in [0.5, 0.6) is 5.75 Å². The molecule has 192 valence electrons. The Labute approximate surface area is 219 Å². The number of thiophene rings is 1. The van der Waals surface area contributed by atoms with Crippen LogP contribution in [-0.2, 0) is 9.53 Å². The van der Waals surface area contributed by atoms with Crippen molar-refractivity contribution >= 4 is 39.9 Å². The van der Waals surface area contributed by atoms with Crippen LogP contribution < -0.4 is 10.1 Å². The summed E-state index contributed by atoms with van der Waals surface area (Å²) in [6.45, 7) is -1.94. The first kappa shape index (κ1) is 25.0. The Balaban J connectivity index is 1.44. The Morgan fingerprint density at radius 3 is 2.55 bits per heavy atom. The van der Waals surface area contributed by atoms with Gasteiger partial charge in [-0.15, -0.1) is 11.3 Å². The van der Waals surface area contributed by atoms with Crippen molar-refractivity contribution in [3.8, 4) is 22.0 Å². The summed E-state index contributed by atoms with van der Waals surface area (Å²) in [5.41, 5.74) is 2.58. The van der Waals surface area contributed by atoms with Gasteiger partial charge in [-0.2, -0.15) is 13.9 Å². The summed E-state index contributed by atoms with van der Waals surface area (Å²) in [4.78, 5) is 31.4. The zero-order valence-corrected chi connectivity index (χ0v) is 20.7. The second-order valence-corrected chi connectivity index (χ2v) is 9.01. The molecular weight excluding hydrogens is 514 g/mol. The number of ether oxygens (including phenoxy) is 2. The Morgan fingerprint density at radius 2 is 1.82 bits per heavy atom. The molecule has 8 nitrogen and oxygen atoms in total. The second kappa shape index (κ2) is 10.8. The number of nitrogens with one attached hydrogen (secondary N) is 1. The van der Waals surface area contributed by atoms with Crippen LogP contribution in [0.2, 0.25) is 0 Å². The van der Waals surface area contributed by atoms with Crippen molar-refractivity contribution in [2.24, 2.45) is 0 Å². The maximum absolute atomic E-state index is 13.3. The van der Waals surface area contributed by atoms with E-state index < -0.39 is 25.1 Å². The molecule has 0 aliphatic rings. The third kappa shape index (κ3) is 5.23. The molecule has 38 heavy (non-hydrogen) atoms. The van der Waals surface area contributed by atoms with E-state index in [0.29, 0.717) is 22.4 Å². The molecule has 0 unspecified atom stereocenters. The number of hydrogen-bond acceptors (Lipinski definition) is 7. The number of amides is 1. The lowest BCUT2D eigenvalue weighted by Gasteiger charge is -2.12. The number of aromatic nitrogens is 3. The molecule has 11 heteroatoms. The fraction of sp³-hybridized carbons (Fsp3) is 0.111. The van der Waals surface area contributed by atoms with E-state index >= 15 is 0 Å². The van der Waals surface area contributed by atoms with Crippen molar-refractivity contribution in [2.45, 2.75) is 13.5 Å². The highest BCUT2D eigenvalue weighted by Gasteiger charge is 2.23. The molecular formula is C27H20F2N4O4S. The predicted octanol–water partition coefficient (Wildman–Crippen LogP) is 5.85. The number of rotatable bonds is 8. The van der Waals surface area contributed by atoms with Gasteiger partial charge in [0.1, 0.15) is 5.75 Å². The molecule has 3 aromatic heterocycles. The van der Waals surface area contributed by atoms with Crippen molar-refractivity contribution in [2.75, 3.05) is 11.9 Å². The van der Waals surface area contributed by atoms with Crippen molar-refractivity contribution < 1.29 is 27.8 Å². The molecule has 0 radical (unpaired) electrons. The average molecular weight is 535 g/mol. The van der Waals surface area contributed by atoms with Crippen LogP contribution in [0.1, 0.15) is 16.1 Å². The quantitative estimate of drug-likeness (QED) is 0.251. The summed E-state index contributed by atoms with van der Waals surface area (Å²) >= 11 is 1.46. The molecule has 0 aliphatic carbocycles. The summed E-state index contributed by atoms with van der Waals surface area (Å²) in [6.07, 6.45) is 0. The van der Waals surface area contributed by atoms with Gasteiger partial charge in [0.2, 0.25) is 0 Å². The Bertz CT molecular complexity index is 1600. The summed E-state index contributed by atoms with van der Waals surface area (Å²) in [7, 11) is 0. The lowest BCUT2D eigenvalue weighted by molar-refractivity contribution is -0.119.